The standard InChI is InChI=1S/C27H31N3O3S/c1-19-5-7-20(8-6-19)25-14-9-21(17-26(25)34(4,32)33)27(31)28-22-10-12-23(13-11-22)30-16-15-24(18-30)29(2)3/h5-14,17,24H,15-16,18H2,1-4H3,(H,28,31). The van der Waals surface area contributed by atoms with E-state index in [1.165, 1.54) is 12.3 Å². The van der Waals surface area contributed by atoms with Gasteiger partial charge >= 0.3 is 0 Å². The van der Waals surface area contributed by atoms with Crippen LogP contribution < -0.4 is 10.2 Å². The largest absolute Gasteiger partial charge is 0.370 e. The van der Waals surface area contributed by atoms with Crippen LogP contribution in [0.5, 0.6) is 0 Å². The molecule has 1 saturated heterocycles. The van der Waals surface area contributed by atoms with Crippen LogP contribution in [0.4, 0.5) is 11.4 Å². The molecule has 7 heteroatoms. The van der Waals surface area contributed by atoms with Gasteiger partial charge < -0.3 is 15.1 Å². The van der Waals surface area contributed by atoms with Gasteiger partial charge in [-0.05, 0) is 69.4 Å². The normalized spacial score (nSPS) is 16.1. The van der Waals surface area contributed by atoms with Crippen molar-refractivity contribution in [2.75, 3.05) is 43.7 Å². The van der Waals surface area contributed by atoms with Crippen LogP contribution in [0.3, 0.4) is 0 Å². The monoisotopic (exact) mass is 477 g/mol. The molecule has 1 unspecified atom stereocenters. The molecule has 1 fully saturated rings. The highest BCUT2D eigenvalue weighted by Gasteiger charge is 2.24. The molecule has 178 valence electrons. The molecular formula is C27H31N3O3S. The van der Waals surface area contributed by atoms with Crippen LogP contribution in [-0.2, 0) is 9.84 Å². The fourth-order valence-electron chi connectivity index (χ4n) is 4.30. The third kappa shape index (κ3) is 5.32. The van der Waals surface area contributed by atoms with Crippen molar-refractivity contribution in [3.63, 3.8) is 0 Å². The molecule has 0 spiro atoms. The third-order valence-electron chi connectivity index (χ3n) is 6.39. The van der Waals surface area contributed by atoms with E-state index in [2.05, 4.69) is 29.2 Å². The summed E-state index contributed by atoms with van der Waals surface area (Å²) >= 11 is 0. The third-order valence-corrected chi connectivity index (χ3v) is 7.53. The van der Waals surface area contributed by atoms with Gasteiger partial charge in [0.25, 0.3) is 5.91 Å². The molecule has 6 nitrogen and oxygen atoms in total. The Hall–Kier alpha value is -3.16. The van der Waals surface area contributed by atoms with Crippen LogP contribution in [0.25, 0.3) is 11.1 Å². The Morgan fingerprint density at radius 1 is 1.00 bits per heavy atom. The van der Waals surface area contributed by atoms with E-state index in [1.54, 1.807) is 12.1 Å². The number of carbonyl (C=O) groups is 1. The highest BCUT2D eigenvalue weighted by Crippen LogP contribution is 2.29. The lowest BCUT2D eigenvalue weighted by atomic mass is 10.0. The lowest BCUT2D eigenvalue weighted by Crippen LogP contribution is -2.31. The summed E-state index contributed by atoms with van der Waals surface area (Å²) in [4.78, 5) is 17.7. The Labute approximate surface area is 202 Å². The second-order valence-electron chi connectivity index (χ2n) is 9.20. The topological polar surface area (TPSA) is 69.7 Å². The van der Waals surface area contributed by atoms with E-state index in [4.69, 9.17) is 0 Å². The van der Waals surface area contributed by atoms with Gasteiger partial charge in [0.05, 0.1) is 4.90 Å². The van der Waals surface area contributed by atoms with Crippen LogP contribution in [0.15, 0.2) is 71.6 Å². The number of nitrogens with zero attached hydrogens (tertiary/aromatic N) is 2. The molecule has 34 heavy (non-hydrogen) atoms. The number of aryl methyl sites for hydroxylation is 1. The second-order valence-corrected chi connectivity index (χ2v) is 11.2. The van der Waals surface area contributed by atoms with Crippen LogP contribution in [0.1, 0.15) is 22.3 Å². The molecule has 0 saturated carbocycles. The molecule has 0 radical (unpaired) electrons. The average molecular weight is 478 g/mol. The van der Waals surface area contributed by atoms with Crippen molar-refractivity contribution in [3.05, 3.63) is 77.9 Å². The lowest BCUT2D eigenvalue weighted by molar-refractivity contribution is 0.102. The van der Waals surface area contributed by atoms with E-state index in [0.29, 0.717) is 22.9 Å². The summed E-state index contributed by atoms with van der Waals surface area (Å²) in [5, 5.41) is 2.89. The first kappa shape index (κ1) is 24.0. The van der Waals surface area contributed by atoms with Gasteiger partial charge in [-0.15, -0.1) is 0 Å². The van der Waals surface area contributed by atoms with Crippen molar-refractivity contribution >= 4 is 27.1 Å². The molecule has 0 aliphatic carbocycles. The number of sulfone groups is 1. The van der Waals surface area contributed by atoms with Gasteiger partial charge in [0.1, 0.15) is 0 Å². The summed E-state index contributed by atoms with van der Waals surface area (Å²) in [6.45, 7) is 3.98. The summed E-state index contributed by atoms with van der Waals surface area (Å²) < 4.78 is 25.0. The Balaban J connectivity index is 1.52. The first-order chi connectivity index (χ1) is 16.1. The lowest BCUT2D eigenvalue weighted by Gasteiger charge is -2.22. The molecule has 1 amide bonds. The van der Waals surface area contributed by atoms with Gasteiger partial charge in [-0.2, -0.15) is 0 Å². The average Bonchev–Trinajstić information content (AvgIpc) is 3.30. The smallest absolute Gasteiger partial charge is 0.255 e. The Bertz CT molecular complexity index is 1280. The molecule has 1 atom stereocenters. The Morgan fingerprint density at radius 2 is 1.68 bits per heavy atom. The fraction of sp³-hybridized carbons (Fsp3) is 0.296. The fourth-order valence-corrected chi connectivity index (χ4v) is 5.23. The highest BCUT2D eigenvalue weighted by atomic mass is 32.2. The summed E-state index contributed by atoms with van der Waals surface area (Å²) in [5.74, 6) is -0.345. The van der Waals surface area contributed by atoms with Crippen molar-refractivity contribution in [2.24, 2.45) is 0 Å². The zero-order valence-corrected chi connectivity index (χ0v) is 20.9. The van der Waals surface area contributed by atoms with Crippen LogP contribution in [0, 0.1) is 6.92 Å². The number of amides is 1. The zero-order valence-electron chi connectivity index (χ0n) is 20.1. The zero-order chi connectivity index (χ0) is 24.5. The molecule has 1 aliphatic rings. The number of anilines is 2. The molecule has 1 aliphatic heterocycles. The SMILES string of the molecule is Cc1ccc(-c2ccc(C(=O)Nc3ccc(N4CCC(N(C)C)C4)cc3)cc2S(C)(=O)=O)cc1. The summed E-state index contributed by atoms with van der Waals surface area (Å²) in [6, 6.07) is 20.8. The van der Waals surface area contributed by atoms with Crippen molar-refractivity contribution in [1.82, 2.24) is 4.90 Å². The molecule has 1 heterocycles. The minimum atomic E-state index is -3.54. The van der Waals surface area contributed by atoms with E-state index in [9.17, 15) is 13.2 Å². The van der Waals surface area contributed by atoms with Crippen LogP contribution in [-0.4, -0.2) is 58.7 Å². The van der Waals surface area contributed by atoms with Gasteiger partial charge in [0.15, 0.2) is 9.84 Å². The van der Waals surface area contributed by atoms with Crippen LogP contribution in [0.2, 0.25) is 0 Å². The Morgan fingerprint density at radius 3 is 2.26 bits per heavy atom. The van der Waals surface area contributed by atoms with Gasteiger partial charge in [-0.25, -0.2) is 8.42 Å². The number of likely N-dealkylation sites (N-methyl/N-ethyl adjacent to an activating group) is 1. The first-order valence-electron chi connectivity index (χ1n) is 11.4. The number of benzene rings is 3. The van der Waals surface area contributed by atoms with Crippen molar-refractivity contribution in [3.8, 4) is 11.1 Å². The maximum absolute atomic E-state index is 12.9. The molecule has 3 aromatic carbocycles. The van der Waals surface area contributed by atoms with Gasteiger partial charge in [0.2, 0.25) is 0 Å². The minimum Gasteiger partial charge on any atom is -0.370 e. The van der Waals surface area contributed by atoms with E-state index < -0.39 is 9.84 Å². The number of hydrogen-bond donors (Lipinski definition) is 1. The van der Waals surface area contributed by atoms with Gasteiger partial charge in [-0.1, -0.05) is 35.9 Å². The maximum Gasteiger partial charge on any atom is 0.255 e. The number of hydrogen-bond acceptors (Lipinski definition) is 5. The predicted octanol–water partition coefficient (Wildman–Crippen LogP) is 4.46. The highest BCUT2D eigenvalue weighted by molar-refractivity contribution is 7.90. The van der Waals surface area contributed by atoms with E-state index >= 15 is 0 Å². The quantitative estimate of drug-likeness (QED) is 0.568. The number of nitrogens with one attached hydrogen (secondary N) is 1. The molecule has 3 aromatic rings. The minimum absolute atomic E-state index is 0.142. The first-order valence-corrected chi connectivity index (χ1v) is 13.2. The Kier molecular flexibility index (Phi) is 6.77. The molecule has 0 aromatic heterocycles. The van der Waals surface area contributed by atoms with Crippen molar-refractivity contribution in [2.45, 2.75) is 24.3 Å². The predicted molar refractivity (Wildman–Crippen MR) is 138 cm³/mol. The summed E-state index contributed by atoms with van der Waals surface area (Å²) in [6.07, 6.45) is 2.30. The van der Waals surface area contributed by atoms with Crippen LogP contribution >= 0.6 is 0 Å². The molecule has 1 N–H and O–H groups in total. The summed E-state index contributed by atoms with van der Waals surface area (Å²) in [5.41, 5.74) is 4.57. The summed E-state index contributed by atoms with van der Waals surface area (Å²) in [7, 11) is 0.677. The number of rotatable bonds is 6. The number of carbonyl (C=O) groups excluding carboxylic acids is 1. The molecule has 0 bridgehead atoms. The van der Waals surface area contributed by atoms with Crippen molar-refractivity contribution in [1.29, 1.82) is 0 Å². The van der Waals surface area contributed by atoms with E-state index in [0.717, 1.165) is 36.3 Å². The van der Waals surface area contributed by atoms with Gasteiger partial charge in [-0.3, -0.25) is 4.79 Å². The second kappa shape index (κ2) is 9.60. The van der Waals surface area contributed by atoms with E-state index in [1.807, 2.05) is 55.5 Å². The van der Waals surface area contributed by atoms with E-state index in [-0.39, 0.29) is 10.8 Å². The maximum atomic E-state index is 12.9. The molecular weight excluding hydrogens is 446 g/mol. The molecule has 4 rings (SSSR count). The van der Waals surface area contributed by atoms with Gasteiger partial charge in [0, 0.05) is 47.9 Å². The van der Waals surface area contributed by atoms with Crippen molar-refractivity contribution < 1.29 is 13.2 Å².